The van der Waals surface area contributed by atoms with Crippen LogP contribution in [0.2, 0.25) is 0 Å². The van der Waals surface area contributed by atoms with Gasteiger partial charge in [-0.2, -0.15) is 0 Å². The van der Waals surface area contributed by atoms with Gasteiger partial charge in [0.25, 0.3) is 0 Å². The Morgan fingerprint density at radius 1 is 1.47 bits per heavy atom. The minimum Gasteiger partial charge on any atom is -0.478 e. The van der Waals surface area contributed by atoms with Gasteiger partial charge in [0.2, 0.25) is 0 Å². The zero-order valence-corrected chi connectivity index (χ0v) is 9.22. The zero-order chi connectivity index (χ0) is 10.7. The number of nitrogens with zero attached hydrogens (tertiary/aromatic N) is 1. The highest BCUT2D eigenvalue weighted by molar-refractivity contribution is 7.11. The number of carboxylic acids is 1. The fraction of sp³-hybridized carbons (Fsp3) is 0. The molecule has 2 aromatic rings. The van der Waals surface area contributed by atoms with Crippen LogP contribution >= 0.6 is 22.9 Å². The highest BCUT2D eigenvalue weighted by atomic mass is 32.1. The molecule has 0 aliphatic heterocycles. The Balaban J connectivity index is 2.41. The van der Waals surface area contributed by atoms with E-state index in [0.717, 1.165) is 9.75 Å². The molecule has 0 bridgehead atoms. The van der Waals surface area contributed by atoms with Gasteiger partial charge in [-0.15, -0.1) is 11.3 Å². The number of hydrogen-bond acceptors (Lipinski definition) is 4. The molecule has 0 amide bonds. The fourth-order valence-electron chi connectivity index (χ4n) is 1.11. The standard InChI is InChI=1S/C10H7NO2S2/c12-10(13)8(9-2-1-5-14-9)6-7-3-4-11-15-7/h1-6H,(H,12,13)/b8-6+. The number of hydrogen-bond donors (Lipinski definition) is 1. The molecule has 1 N–H and O–H groups in total. The Labute approximate surface area is 94.5 Å². The molecule has 0 fully saturated rings. The van der Waals surface area contributed by atoms with Crippen LogP contribution in [0.1, 0.15) is 9.75 Å². The number of thiophene rings is 1. The second-order valence-corrected chi connectivity index (χ2v) is 4.57. The monoisotopic (exact) mass is 237 g/mol. The van der Waals surface area contributed by atoms with Crippen LogP contribution in [0.15, 0.2) is 29.8 Å². The van der Waals surface area contributed by atoms with Gasteiger partial charge < -0.3 is 5.11 Å². The molecule has 0 atom stereocenters. The number of aliphatic carboxylic acids is 1. The van der Waals surface area contributed by atoms with E-state index in [9.17, 15) is 4.79 Å². The predicted molar refractivity (Wildman–Crippen MR) is 61.9 cm³/mol. The smallest absolute Gasteiger partial charge is 0.337 e. The molecule has 5 heteroatoms. The maximum atomic E-state index is 11.0. The van der Waals surface area contributed by atoms with Crippen molar-refractivity contribution in [1.29, 1.82) is 0 Å². The van der Waals surface area contributed by atoms with Gasteiger partial charge in [-0.05, 0) is 35.1 Å². The molecule has 76 valence electrons. The van der Waals surface area contributed by atoms with Crippen molar-refractivity contribution >= 4 is 40.5 Å². The third-order valence-electron chi connectivity index (χ3n) is 1.76. The molecule has 0 radical (unpaired) electrons. The normalized spacial score (nSPS) is 11.6. The molecule has 2 aromatic heterocycles. The van der Waals surface area contributed by atoms with Gasteiger partial charge in [-0.1, -0.05) is 6.07 Å². The summed E-state index contributed by atoms with van der Waals surface area (Å²) in [6, 6.07) is 5.43. The molecule has 3 nitrogen and oxygen atoms in total. The molecular weight excluding hydrogens is 230 g/mol. The van der Waals surface area contributed by atoms with Gasteiger partial charge in [0, 0.05) is 16.0 Å². The van der Waals surface area contributed by atoms with Crippen LogP contribution in [0.5, 0.6) is 0 Å². The Bertz CT molecular complexity index is 472. The van der Waals surface area contributed by atoms with Gasteiger partial charge in [-0.3, -0.25) is 0 Å². The molecule has 2 heterocycles. The second-order valence-electron chi connectivity index (χ2n) is 2.76. The van der Waals surface area contributed by atoms with E-state index in [0.29, 0.717) is 5.57 Å². The summed E-state index contributed by atoms with van der Waals surface area (Å²) in [5, 5.41) is 10.9. The number of aromatic nitrogens is 1. The molecule has 0 aromatic carbocycles. The van der Waals surface area contributed by atoms with E-state index in [2.05, 4.69) is 4.37 Å². The Morgan fingerprint density at radius 2 is 2.33 bits per heavy atom. The SMILES string of the molecule is O=C(O)/C(=C/c1ccns1)c1cccs1. The minimum atomic E-state index is -0.911. The fourth-order valence-corrected chi connectivity index (χ4v) is 2.38. The number of carbonyl (C=O) groups is 1. The molecule has 0 aliphatic rings. The molecule has 15 heavy (non-hydrogen) atoms. The summed E-state index contributed by atoms with van der Waals surface area (Å²) >= 11 is 2.70. The van der Waals surface area contributed by atoms with E-state index < -0.39 is 5.97 Å². The summed E-state index contributed by atoms with van der Waals surface area (Å²) < 4.78 is 3.92. The van der Waals surface area contributed by atoms with Gasteiger partial charge in [0.05, 0.1) is 5.57 Å². The average molecular weight is 237 g/mol. The third kappa shape index (κ3) is 2.31. The van der Waals surface area contributed by atoms with Crippen molar-refractivity contribution in [1.82, 2.24) is 4.37 Å². The van der Waals surface area contributed by atoms with Gasteiger partial charge in [-0.25, -0.2) is 9.17 Å². The van der Waals surface area contributed by atoms with Crippen molar-refractivity contribution in [2.24, 2.45) is 0 Å². The summed E-state index contributed by atoms with van der Waals surface area (Å²) in [7, 11) is 0. The number of rotatable bonds is 3. The van der Waals surface area contributed by atoms with Crippen LogP contribution < -0.4 is 0 Å². The van der Waals surface area contributed by atoms with E-state index in [1.807, 2.05) is 11.4 Å². The van der Waals surface area contributed by atoms with Crippen molar-refractivity contribution in [2.45, 2.75) is 0 Å². The molecule has 0 spiro atoms. The first-order valence-corrected chi connectivity index (χ1v) is 5.82. The Kier molecular flexibility index (Phi) is 2.94. The first kappa shape index (κ1) is 10.1. The first-order chi connectivity index (χ1) is 7.27. The van der Waals surface area contributed by atoms with E-state index in [1.165, 1.54) is 22.9 Å². The Morgan fingerprint density at radius 3 is 2.87 bits per heavy atom. The molecular formula is C10H7NO2S2. The van der Waals surface area contributed by atoms with Crippen LogP contribution in [0.4, 0.5) is 0 Å². The minimum absolute atomic E-state index is 0.314. The largest absolute Gasteiger partial charge is 0.478 e. The summed E-state index contributed by atoms with van der Waals surface area (Å²) in [4.78, 5) is 12.7. The average Bonchev–Trinajstić information content (AvgIpc) is 2.87. The summed E-state index contributed by atoms with van der Waals surface area (Å²) in [6.45, 7) is 0. The Hall–Kier alpha value is -1.46. The van der Waals surface area contributed by atoms with Crippen LogP contribution in [-0.4, -0.2) is 15.4 Å². The van der Waals surface area contributed by atoms with Crippen molar-refractivity contribution in [2.75, 3.05) is 0 Å². The molecule has 0 unspecified atom stereocenters. The predicted octanol–water partition coefficient (Wildman–Crippen LogP) is 2.83. The molecule has 0 saturated heterocycles. The highest BCUT2D eigenvalue weighted by Gasteiger charge is 2.11. The van der Waals surface area contributed by atoms with Crippen LogP contribution in [-0.2, 0) is 4.79 Å². The first-order valence-electron chi connectivity index (χ1n) is 4.17. The maximum Gasteiger partial charge on any atom is 0.337 e. The second kappa shape index (κ2) is 4.37. The maximum absolute atomic E-state index is 11.0. The molecule has 0 aliphatic carbocycles. The van der Waals surface area contributed by atoms with Gasteiger partial charge in [0.1, 0.15) is 0 Å². The summed E-state index contributed by atoms with van der Waals surface area (Å²) in [5.41, 5.74) is 0.314. The van der Waals surface area contributed by atoms with E-state index >= 15 is 0 Å². The van der Waals surface area contributed by atoms with Gasteiger partial charge >= 0.3 is 5.97 Å². The van der Waals surface area contributed by atoms with Crippen LogP contribution in [0.3, 0.4) is 0 Å². The molecule has 0 saturated carbocycles. The zero-order valence-electron chi connectivity index (χ0n) is 7.58. The van der Waals surface area contributed by atoms with Gasteiger partial charge in [0.15, 0.2) is 0 Å². The lowest BCUT2D eigenvalue weighted by Crippen LogP contribution is -1.97. The van der Waals surface area contributed by atoms with Crippen LogP contribution in [0, 0.1) is 0 Å². The van der Waals surface area contributed by atoms with Crippen LogP contribution in [0.25, 0.3) is 11.6 Å². The van der Waals surface area contributed by atoms with Crippen molar-refractivity contribution < 1.29 is 9.90 Å². The summed E-state index contributed by atoms with van der Waals surface area (Å²) in [5.74, 6) is -0.911. The van der Waals surface area contributed by atoms with E-state index in [4.69, 9.17) is 5.11 Å². The third-order valence-corrected chi connectivity index (χ3v) is 3.36. The molecule has 2 rings (SSSR count). The lowest BCUT2D eigenvalue weighted by Gasteiger charge is -1.96. The van der Waals surface area contributed by atoms with Crippen molar-refractivity contribution in [3.8, 4) is 0 Å². The number of carboxylic acid groups (broad SMARTS) is 1. The highest BCUT2D eigenvalue weighted by Crippen LogP contribution is 2.23. The quantitative estimate of drug-likeness (QED) is 0.835. The lowest BCUT2D eigenvalue weighted by atomic mass is 10.2. The van der Waals surface area contributed by atoms with E-state index in [-0.39, 0.29) is 0 Å². The van der Waals surface area contributed by atoms with Crippen molar-refractivity contribution in [3.05, 3.63) is 39.5 Å². The topological polar surface area (TPSA) is 50.2 Å². The summed E-state index contributed by atoms with van der Waals surface area (Å²) in [6.07, 6.45) is 3.30. The van der Waals surface area contributed by atoms with Crippen molar-refractivity contribution in [3.63, 3.8) is 0 Å². The lowest BCUT2D eigenvalue weighted by molar-refractivity contribution is -0.130. The van der Waals surface area contributed by atoms with E-state index in [1.54, 1.807) is 24.4 Å².